The summed E-state index contributed by atoms with van der Waals surface area (Å²) in [5, 5.41) is 3.05. The van der Waals surface area contributed by atoms with Crippen molar-refractivity contribution in [2.75, 3.05) is 0 Å². The molecule has 1 saturated heterocycles. The first-order chi connectivity index (χ1) is 12.2. The van der Waals surface area contributed by atoms with Crippen molar-refractivity contribution in [2.24, 2.45) is 4.99 Å². The minimum Gasteiger partial charge on any atom is -0.300 e. The lowest BCUT2D eigenvalue weighted by Gasteiger charge is -2.06. The SMILES string of the molecule is Cc1ccc(N=C2NC(=O)C(=Cc3cccc(C(F)(F)F)c3)S2)c(C)c1. The van der Waals surface area contributed by atoms with Gasteiger partial charge < -0.3 is 5.32 Å². The lowest BCUT2D eigenvalue weighted by molar-refractivity contribution is -0.137. The minimum absolute atomic E-state index is 0.299. The second-order valence-electron chi connectivity index (χ2n) is 5.89. The highest BCUT2D eigenvalue weighted by Gasteiger charge is 2.30. The Kier molecular flexibility index (Phi) is 4.91. The molecule has 1 N–H and O–H groups in total. The average molecular weight is 376 g/mol. The van der Waals surface area contributed by atoms with Crippen molar-refractivity contribution < 1.29 is 18.0 Å². The van der Waals surface area contributed by atoms with Crippen molar-refractivity contribution in [2.45, 2.75) is 20.0 Å². The molecule has 1 fully saturated rings. The molecule has 2 aromatic carbocycles. The summed E-state index contributed by atoms with van der Waals surface area (Å²) < 4.78 is 38.4. The smallest absolute Gasteiger partial charge is 0.300 e. The number of thioether (sulfide) groups is 1. The van der Waals surface area contributed by atoms with Crippen LogP contribution in [0.2, 0.25) is 0 Å². The number of rotatable bonds is 2. The van der Waals surface area contributed by atoms with Crippen LogP contribution in [0.4, 0.5) is 18.9 Å². The number of amidine groups is 1. The van der Waals surface area contributed by atoms with E-state index in [0.717, 1.165) is 40.7 Å². The quantitative estimate of drug-likeness (QED) is 0.731. The minimum atomic E-state index is -4.42. The number of aryl methyl sites for hydroxylation is 2. The molecule has 0 spiro atoms. The first-order valence-corrected chi connectivity index (χ1v) is 8.58. The summed E-state index contributed by atoms with van der Waals surface area (Å²) in [5.41, 5.74) is 2.38. The van der Waals surface area contributed by atoms with Gasteiger partial charge in [0.05, 0.1) is 16.2 Å². The normalized spacial score (nSPS) is 17.8. The van der Waals surface area contributed by atoms with Gasteiger partial charge >= 0.3 is 6.18 Å². The maximum absolute atomic E-state index is 12.8. The largest absolute Gasteiger partial charge is 0.416 e. The second-order valence-corrected chi connectivity index (χ2v) is 6.93. The third-order valence-corrected chi connectivity index (χ3v) is 4.65. The van der Waals surface area contributed by atoms with Gasteiger partial charge in [-0.2, -0.15) is 13.2 Å². The molecule has 0 unspecified atom stereocenters. The van der Waals surface area contributed by atoms with Crippen LogP contribution in [-0.2, 0) is 11.0 Å². The molecule has 2 aromatic rings. The number of nitrogens with one attached hydrogen (secondary N) is 1. The topological polar surface area (TPSA) is 41.5 Å². The van der Waals surface area contributed by atoms with Crippen LogP contribution in [0.3, 0.4) is 0 Å². The number of alkyl halides is 3. The summed E-state index contributed by atoms with van der Waals surface area (Å²) in [7, 11) is 0. The zero-order valence-corrected chi connectivity index (χ0v) is 14.8. The van der Waals surface area contributed by atoms with E-state index >= 15 is 0 Å². The fraction of sp³-hybridized carbons (Fsp3) is 0.158. The molecule has 7 heteroatoms. The van der Waals surface area contributed by atoms with Gasteiger partial charge in [0.1, 0.15) is 0 Å². The monoisotopic (exact) mass is 376 g/mol. The Balaban J connectivity index is 1.86. The Labute approximate surface area is 153 Å². The molecule has 0 bridgehead atoms. The molecule has 0 atom stereocenters. The highest BCUT2D eigenvalue weighted by atomic mass is 32.2. The van der Waals surface area contributed by atoms with Crippen LogP contribution in [-0.4, -0.2) is 11.1 Å². The van der Waals surface area contributed by atoms with Crippen molar-refractivity contribution in [3.63, 3.8) is 0 Å². The number of carbonyl (C=O) groups is 1. The van der Waals surface area contributed by atoms with Crippen LogP contribution in [0.15, 0.2) is 52.4 Å². The van der Waals surface area contributed by atoms with Gasteiger partial charge in [-0.1, -0.05) is 29.8 Å². The number of hydrogen-bond donors (Lipinski definition) is 1. The molecule has 0 radical (unpaired) electrons. The Bertz CT molecular complexity index is 933. The van der Waals surface area contributed by atoms with E-state index in [-0.39, 0.29) is 5.91 Å². The zero-order valence-electron chi connectivity index (χ0n) is 14.0. The number of halogens is 3. The predicted octanol–water partition coefficient (Wildman–Crippen LogP) is 5.21. The molecule has 1 aliphatic heterocycles. The summed E-state index contributed by atoms with van der Waals surface area (Å²) in [4.78, 5) is 16.8. The lowest BCUT2D eigenvalue weighted by Crippen LogP contribution is -2.19. The first kappa shape index (κ1) is 18.3. The van der Waals surface area contributed by atoms with Crippen LogP contribution in [0.25, 0.3) is 6.08 Å². The Morgan fingerprint density at radius 1 is 1.12 bits per heavy atom. The fourth-order valence-corrected chi connectivity index (χ4v) is 3.31. The summed E-state index contributed by atoms with van der Waals surface area (Å²) in [5.74, 6) is -0.379. The number of benzene rings is 2. The molecule has 0 aliphatic carbocycles. The maximum atomic E-state index is 12.8. The molecule has 3 rings (SSSR count). The second kappa shape index (κ2) is 6.99. The molecule has 0 aromatic heterocycles. The van der Waals surface area contributed by atoms with Crippen molar-refractivity contribution in [1.82, 2.24) is 5.32 Å². The van der Waals surface area contributed by atoms with E-state index < -0.39 is 11.7 Å². The molecule has 1 aliphatic rings. The Morgan fingerprint density at radius 2 is 1.88 bits per heavy atom. The number of carbonyl (C=O) groups excluding carboxylic acids is 1. The van der Waals surface area contributed by atoms with E-state index in [2.05, 4.69) is 10.3 Å². The Morgan fingerprint density at radius 3 is 2.58 bits per heavy atom. The number of amides is 1. The van der Waals surface area contributed by atoms with Crippen LogP contribution in [0, 0.1) is 13.8 Å². The molecular weight excluding hydrogens is 361 g/mol. The van der Waals surface area contributed by atoms with Gasteiger partial charge in [0, 0.05) is 0 Å². The van der Waals surface area contributed by atoms with Gasteiger partial charge in [0.2, 0.25) is 0 Å². The van der Waals surface area contributed by atoms with E-state index in [0.29, 0.717) is 15.6 Å². The summed E-state index contributed by atoms with van der Waals surface area (Å²) in [6.07, 6.45) is -2.99. The van der Waals surface area contributed by atoms with E-state index in [9.17, 15) is 18.0 Å². The van der Waals surface area contributed by atoms with E-state index in [1.165, 1.54) is 18.2 Å². The van der Waals surface area contributed by atoms with Crippen LogP contribution in [0.1, 0.15) is 22.3 Å². The van der Waals surface area contributed by atoms with Crippen molar-refractivity contribution >= 4 is 34.6 Å². The third-order valence-electron chi connectivity index (χ3n) is 3.74. The molecular formula is C19H15F3N2OS. The lowest BCUT2D eigenvalue weighted by atomic mass is 10.1. The van der Waals surface area contributed by atoms with Gasteiger partial charge in [-0.25, -0.2) is 4.99 Å². The summed E-state index contributed by atoms with van der Waals surface area (Å²) >= 11 is 1.10. The predicted molar refractivity (Wildman–Crippen MR) is 98.2 cm³/mol. The summed E-state index contributed by atoms with van der Waals surface area (Å²) in [6, 6.07) is 10.6. The van der Waals surface area contributed by atoms with Gasteiger partial charge in [-0.3, -0.25) is 4.79 Å². The highest BCUT2D eigenvalue weighted by molar-refractivity contribution is 8.18. The van der Waals surface area contributed by atoms with E-state index in [4.69, 9.17) is 0 Å². The van der Waals surface area contributed by atoms with Gasteiger partial charge in [-0.05, 0) is 61.0 Å². The third kappa shape index (κ3) is 4.16. The molecule has 26 heavy (non-hydrogen) atoms. The molecule has 1 amide bonds. The number of hydrogen-bond acceptors (Lipinski definition) is 3. The fourth-order valence-electron chi connectivity index (χ4n) is 2.48. The molecule has 134 valence electrons. The highest BCUT2D eigenvalue weighted by Crippen LogP contribution is 2.32. The van der Waals surface area contributed by atoms with Gasteiger partial charge in [0.15, 0.2) is 5.17 Å². The average Bonchev–Trinajstić information content (AvgIpc) is 2.89. The number of nitrogens with zero attached hydrogens (tertiary/aromatic N) is 1. The van der Waals surface area contributed by atoms with Crippen LogP contribution < -0.4 is 5.32 Å². The standard InChI is InChI=1S/C19H15F3N2OS/c1-11-6-7-15(12(2)8-11)23-18-24-17(25)16(26-18)10-13-4-3-5-14(9-13)19(20,21)22/h3-10H,1-2H3,(H,23,24,25). The van der Waals surface area contributed by atoms with Crippen LogP contribution in [0.5, 0.6) is 0 Å². The van der Waals surface area contributed by atoms with Crippen molar-refractivity contribution in [3.05, 3.63) is 69.6 Å². The first-order valence-electron chi connectivity index (χ1n) is 7.76. The summed E-state index contributed by atoms with van der Waals surface area (Å²) in [6.45, 7) is 3.90. The zero-order chi connectivity index (χ0) is 18.9. The van der Waals surface area contributed by atoms with Crippen molar-refractivity contribution in [1.29, 1.82) is 0 Å². The van der Waals surface area contributed by atoms with E-state index in [1.54, 1.807) is 0 Å². The number of aliphatic imine (C=N–C) groups is 1. The van der Waals surface area contributed by atoms with Crippen molar-refractivity contribution in [3.8, 4) is 0 Å². The van der Waals surface area contributed by atoms with Gasteiger partial charge in [-0.15, -0.1) is 0 Å². The molecule has 0 saturated carbocycles. The van der Waals surface area contributed by atoms with Crippen LogP contribution >= 0.6 is 11.8 Å². The maximum Gasteiger partial charge on any atom is 0.416 e. The molecule has 3 nitrogen and oxygen atoms in total. The van der Waals surface area contributed by atoms with Gasteiger partial charge in [0.25, 0.3) is 5.91 Å². The Hall–Kier alpha value is -2.54. The molecule has 1 heterocycles. The van der Waals surface area contributed by atoms with E-state index in [1.807, 2.05) is 32.0 Å².